The molecule has 330 valence electrons. The van der Waals surface area contributed by atoms with Crippen molar-refractivity contribution in [3.8, 4) is 22.3 Å². The molecule has 1 heterocycles. The van der Waals surface area contributed by atoms with E-state index in [-0.39, 0.29) is 5.41 Å². The van der Waals surface area contributed by atoms with E-state index in [1.165, 1.54) is 77.4 Å². The van der Waals surface area contributed by atoms with Gasteiger partial charge in [0.2, 0.25) is 0 Å². The smallest absolute Gasteiger partial charge is 0.0684 e. The van der Waals surface area contributed by atoms with Crippen LogP contribution in [0.15, 0.2) is 242 Å². The molecule has 1 unspecified atom stereocenters. The highest BCUT2D eigenvalue weighted by atomic mass is 14.9. The summed E-state index contributed by atoms with van der Waals surface area (Å²) in [4.78, 5) is 4.50. The average Bonchev–Trinajstić information content (AvgIpc) is 3.67. The Labute approximate surface area is 394 Å². The number of hydrogen-bond acceptors (Lipinski definition) is 1. The first-order chi connectivity index (χ1) is 32.2. The third kappa shape index (κ3) is 12.2. The predicted octanol–water partition coefficient (Wildman–Crippen LogP) is 17.6. The maximum atomic E-state index is 4.50. The summed E-state index contributed by atoms with van der Waals surface area (Å²) < 4.78 is 2.32. The van der Waals surface area contributed by atoms with Crippen LogP contribution in [0.4, 0.5) is 5.69 Å². The lowest BCUT2D eigenvalue weighted by atomic mass is 9.70. The van der Waals surface area contributed by atoms with E-state index in [4.69, 9.17) is 0 Å². The molecule has 0 saturated heterocycles. The molecule has 0 spiro atoms. The predicted molar refractivity (Wildman–Crippen MR) is 288 cm³/mol. The number of benzene rings is 9. The van der Waals surface area contributed by atoms with Crippen LogP contribution in [0.2, 0.25) is 0 Å². The summed E-state index contributed by atoms with van der Waals surface area (Å²) in [5.74, 6) is 0. The van der Waals surface area contributed by atoms with Crippen LogP contribution in [0.5, 0.6) is 0 Å². The van der Waals surface area contributed by atoms with Crippen molar-refractivity contribution in [3.63, 3.8) is 0 Å². The molecule has 0 N–H and O–H groups in total. The van der Waals surface area contributed by atoms with Crippen LogP contribution in [0.25, 0.3) is 44.1 Å². The number of nitrogens with zero attached hydrogens (tertiary/aromatic N) is 2. The van der Waals surface area contributed by atoms with Crippen molar-refractivity contribution in [2.45, 2.75) is 53.4 Å². The van der Waals surface area contributed by atoms with Gasteiger partial charge >= 0.3 is 0 Å². The lowest BCUT2D eigenvalue weighted by Gasteiger charge is -2.33. The molecule has 10 aromatic rings. The Morgan fingerprint density at radius 2 is 0.818 bits per heavy atom. The van der Waals surface area contributed by atoms with Crippen molar-refractivity contribution in [1.29, 1.82) is 0 Å². The van der Waals surface area contributed by atoms with Gasteiger partial charge < -0.3 is 4.57 Å². The summed E-state index contributed by atoms with van der Waals surface area (Å²) in [6, 6.07) is 82.8. The van der Waals surface area contributed by atoms with Crippen LogP contribution < -0.4 is 0 Å². The van der Waals surface area contributed by atoms with E-state index >= 15 is 0 Å². The second-order valence-electron chi connectivity index (χ2n) is 16.6. The van der Waals surface area contributed by atoms with Gasteiger partial charge in [0.15, 0.2) is 0 Å². The summed E-state index contributed by atoms with van der Waals surface area (Å²) in [5.41, 5.74) is 16.0. The Kier molecular flexibility index (Phi) is 17.4. The van der Waals surface area contributed by atoms with Crippen molar-refractivity contribution < 1.29 is 0 Å². The normalized spacial score (nSPS) is 11.2. The van der Waals surface area contributed by atoms with Crippen molar-refractivity contribution in [3.05, 3.63) is 270 Å². The van der Waals surface area contributed by atoms with E-state index in [2.05, 4.69) is 257 Å². The molecule has 0 aliphatic rings. The summed E-state index contributed by atoms with van der Waals surface area (Å²) in [6.45, 7) is 16.6. The number of rotatable bonds is 7. The van der Waals surface area contributed by atoms with Gasteiger partial charge in [-0.15, -0.1) is 0 Å². The molecule has 0 aliphatic carbocycles. The molecule has 1 atom stereocenters. The summed E-state index contributed by atoms with van der Waals surface area (Å²) in [7, 11) is 2.16. The molecule has 0 amide bonds. The van der Waals surface area contributed by atoms with Gasteiger partial charge in [0, 0.05) is 34.3 Å². The first kappa shape index (κ1) is 47.9. The van der Waals surface area contributed by atoms with Gasteiger partial charge in [0.25, 0.3) is 0 Å². The Morgan fingerprint density at radius 1 is 0.424 bits per heavy atom. The fourth-order valence-corrected chi connectivity index (χ4v) is 8.37. The van der Waals surface area contributed by atoms with Crippen LogP contribution >= 0.6 is 0 Å². The van der Waals surface area contributed by atoms with Gasteiger partial charge in [-0.1, -0.05) is 262 Å². The van der Waals surface area contributed by atoms with Crippen molar-refractivity contribution in [2.24, 2.45) is 12.0 Å². The fraction of sp³-hybridized carbons (Fsp3) is 0.141. The Bertz CT molecular complexity index is 2890. The summed E-state index contributed by atoms with van der Waals surface area (Å²) in [6.07, 6.45) is 0.876. The highest BCUT2D eigenvalue weighted by molar-refractivity contribution is 6.10. The zero-order chi connectivity index (χ0) is 46.7. The van der Waals surface area contributed by atoms with Gasteiger partial charge in [0.05, 0.1) is 11.2 Å². The number of fused-ring (bicyclic) bond motifs is 3. The Hall–Kier alpha value is -7.55. The minimum atomic E-state index is -0.277. The number of hydrogen-bond donors (Lipinski definition) is 0. The lowest BCUT2D eigenvalue weighted by Crippen LogP contribution is -2.27. The molecule has 0 bridgehead atoms. The number of para-hydroxylation sites is 1. The fourth-order valence-electron chi connectivity index (χ4n) is 8.37. The standard InChI is InChI=1S/C29H26N2.2C13H12.C7H8.C2H6/c1-29(22-14-8-5-9-15-22,20-21-12-6-4-7-13-21)27-25(30-2)19-18-24-23-16-10-11-17-26(23)31(3)28(24)27;2*1-11-7-9-13(10-8-11)12-5-3-2-4-6-12;1-7-5-3-2-4-6-7;1-2/h4-19H,2,20H2,1,3H3;2*2-10H,1H3;2-6H,1H3;1-2H3. The van der Waals surface area contributed by atoms with Crippen molar-refractivity contribution in [2.75, 3.05) is 0 Å². The maximum absolute atomic E-state index is 4.50. The topological polar surface area (TPSA) is 17.3 Å². The minimum absolute atomic E-state index is 0.277. The summed E-state index contributed by atoms with van der Waals surface area (Å²) in [5, 5.41) is 2.53. The number of aromatic nitrogens is 1. The van der Waals surface area contributed by atoms with E-state index in [1.54, 1.807) is 0 Å². The number of aliphatic imine (C=N–C) groups is 1. The molecule has 2 heteroatoms. The van der Waals surface area contributed by atoms with Crippen molar-refractivity contribution in [1.82, 2.24) is 4.57 Å². The van der Waals surface area contributed by atoms with Crippen LogP contribution in [0.1, 0.15) is 54.2 Å². The van der Waals surface area contributed by atoms with Crippen LogP contribution in [0, 0.1) is 20.8 Å². The third-order valence-electron chi connectivity index (χ3n) is 11.8. The molecule has 0 fully saturated rings. The molecule has 2 nitrogen and oxygen atoms in total. The molecule has 0 radical (unpaired) electrons. The highest BCUT2D eigenvalue weighted by Crippen LogP contribution is 2.46. The van der Waals surface area contributed by atoms with E-state index in [0.29, 0.717) is 0 Å². The highest BCUT2D eigenvalue weighted by Gasteiger charge is 2.35. The molecular formula is C64H64N2. The minimum Gasteiger partial charge on any atom is -0.343 e. The SMILES string of the molecule is C=Nc1ccc2c3ccccc3n(C)c2c1C(C)(Cc1ccccc1)c1ccccc1.CC.Cc1ccc(-c2ccccc2)cc1.Cc1ccc(-c2ccccc2)cc1.Cc1ccccc1. The van der Waals surface area contributed by atoms with E-state index in [0.717, 1.165) is 12.1 Å². The lowest BCUT2D eigenvalue weighted by molar-refractivity contribution is 0.571. The molecule has 66 heavy (non-hydrogen) atoms. The van der Waals surface area contributed by atoms with E-state index in [1.807, 2.05) is 44.2 Å². The molecular weight excluding hydrogens is 797 g/mol. The molecule has 10 rings (SSSR count). The van der Waals surface area contributed by atoms with Crippen LogP contribution in [-0.2, 0) is 18.9 Å². The zero-order valence-electron chi connectivity index (χ0n) is 39.8. The van der Waals surface area contributed by atoms with E-state index in [9.17, 15) is 0 Å². The zero-order valence-corrected chi connectivity index (χ0v) is 39.8. The van der Waals surface area contributed by atoms with E-state index < -0.39 is 0 Å². The Morgan fingerprint density at radius 3 is 1.27 bits per heavy atom. The second kappa shape index (κ2) is 23.9. The molecule has 9 aromatic carbocycles. The van der Waals surface area contributed by atoms with Gasteiger partial charge in [0.1, 0.15) is 0 Å². The number of aryl methyl sites for hydroxylation is 4. The molecule has 1 aromatic heterocycles. The van der Waals surface area contributed by atoms with Gasteiger partial charge in [-0.05, 0) is 79.4 Å². The maximum Gasteiger partial charge on any atom is 0.0684 e. The second-order valence-corrected chi connectivity index (χ2v) is 16.6. The quantitative estimate of drug-likeness (QED) is 0.142. The molecule has 0 aliphatic heterocycles. The molecule has 0 saturated carbocycles. The Balaban J connectivity index is 0.000000169. The largest absolute Gasteiger partial charge is 0.343 e. The first-order valence-corrected chi connectivity index (χ1v) is 23.1. The van der Waals surface area contributed by atoms with Crippen LogP contribution in [0.3, 0.4) is 0 Å². The van der Waals surface area contributed by atoms with Crippen molar-refractivity contribution >= 4 is 34.2 Å². The summed E-state index contributed by atoms with van der Waals surface area (Å²) >= 11 is 0. The van der Waals surface area contributed by atoms with Gasteiger partial charge in [-0.3, -0.25) is 4.99 Å². The monoisotopic (exact) mass is 861 g/mol. The first-order valence-electron chi connectivity index (χ1n) is 23.1. The third-order valence-corrected chi connectivity index (χ3v) is 11.8. The van der Waals surface area contributed by atoms with Gasteiger partial charge in [-0.2, -0.15) is 0 Å². The average molecular weight is 861 g/mol. The van der Waals surface area contributed by atoms with Crippen LogP contribution in [-0.4, -0.2) is 11.3 Å². The van der Waals surface area contributed by atoms with Gasteiger partial charge in [-0.25, -0.2) is 0 Å².